The summed E-state index contributed by atoms with van der Waals surface area (Å²) < 4.78 is 16.9. The van der Waals surface area contributed by atoms with Crippen LogP contribution >= 0.6 is 0 Å². The molecule has 0 bridgehead atoms. The van der Waals surface area contributed by atoms with Gasteiger partial charge in [-0.15, -0.1) is 0 Å². The van der Waals surface area contributed by atoms with Gasteiger partial charge in [-0.3, -0.25) is 4.90 Å². The maximum absolute atomic E-state index is 6.03. The van der Waals surface area contributed by atoms with Crippen molar-refractivity contribution in [1.82, 2.24) is 15.0 Å². The molecular formula is C18H33N3O3. The van der Waals surface area contributed by atoms with Crippen molar-refractivity contribution in [3.05, 3.63) is 11.7 Å². The fourth-order valence-electron chi connectivity index (χ4n) is 3.41. The minimum Gasteiger partial charge on any atom is -0.378 e. The van der Waals surface area contributed by atoms with E-state index in [9.17, 15) is 0 Å². The molecule has 0 N–H and O–H groups in total. The van der Waals surface area contributed by atoms with E-state index in [2.05, 4.69) is 42.9 Å². The lowest BCUT2D eigenvalue weighted by Gasteiger charge is -2.54. The number of ether oxygens (including phenoxy) is 2. The molecule has 1 aromatic rings. The molecule has 6 heteroatoms. The molecule has 0 unspecified atom stereocenters. The quantitative estimate of drug-likeness (QED) is 0.607. The molecule has 0 radical (unpaired) electrons. The van der Waals surface area contributed by atoms with Crippen molar-refractivity contribution < 1.29 is 14.0 Å². The molecule has 24 heavy (non-hydrogen) atoms. The topological polar surface area (TPSA) is 60.6 Å². The minimum absolute atomic E-state index is 0.130. The first-order valence-corrected chi connectivity index (χ1v) is 9.16. The van der Waals surface area contributed by atoms with Gasteiger partial charge in [-0.05, 0) is 33.7 Å². The second kappa shape index (κ2) is 8.41. The van der Waals surface area contributed by atoms with Gasteiger partial charge < -0.3 is 14.0 Å². The van der Waals surface area contributed by atoms with Crippen LogP contribution in [0.2, 0.25) is 0 Å². The average molecular weight is 339 g/mol. The Morgan fingerprint density at radius 2 is 2.12 bits per heavy atom. The highest BCUT2D eigenvalue weighted by molar-refractivity contribution is 5.04. The molecule has 0 saturated heterocycles. The Morgan fingerprint density at radius 1 is 1.38 bits per heavy atom. The van der Waals surface area contributed by atoms with Gasteiger partial charge in [0.05, 0.1) is 12.6 Å². The predicted octanol–water partition coefficient (Wildman–Crippen LogP) is 3.58. The summed E-state index contributed by atoms with van der Waals surface area (Å²) in [6.45, 7) is 12.8. The molecule has 0 aliphatic heterocycles. The molecule has 0 spiro atoms. The SMILES string of the molecule is CCCCO[C@@H]1C[C@H](N(C)Cc2nc([C@@H](C)OCC)no2)C1(C)C. The Morgan fingerprint density at radius 3 is 2.75 bits per heavy atom. The first-order chi connectivity index (χ1) is 11.4. The highest BCUT2D eigenvalue weighted by Gasteiger charge is 2.50. The summed E-state index contributed by atoms with van der Waals surface area (Å²) in [6, 6.07) is 0.462. The number of nitrogens with zero attached hydrogens (tertiary/aromatic N) is 3. The zero-order valence-electron chi connectivity index (χ0n) is 16.0. The van der Waals surface area contributed by atoms with Crippen LogP contribution in [-0.4, -0.2) is 47.4 Å². The highest BCUT2D eigenvalue weighted by Crippen LogP contribution is 2.45. The van der Waals surface area contributed by atoms with Gasteiger partial charge in [-0.2, -0.15) is 4.98 Å². The lowest BCUT2D eigenvalue weighted by molar-refractivity contribution is -0.150. The van der Waals surface area contributed by atoms with E-state index in [1.807, 2.05) is 13.8 Å². The van der Waals surface area contributed by atoms with Crippen LogP contribution in [0.3, 0.4) is 0 Å². The smallest absolute Gasteiger partial charge is 0.240 e. The summed E-state index contributed by atoms with van der Waals surface area (Å²) in [5.74, 6) is 1.26. The molecule has 1 heterocycles. The van der Waals surface area contributed by atoms with Gasteiger partial charge in [-0.1, -0.05) is 32.3 Å². The minimum atomic E-state index is -0.130. The van der Waals surface area contributed by atoms with Crippen LogP contribution in [0.15, 0.2) is 4.52 Å². The lowest BCUT2D eigenvalue weighted by Crippen LogP contribution is -2.61. The number of unbranched alkanes of at least 4 members (excludes halogenated alkanes) is 1. The van der Waals surface area contributed by atoms with E-state index in [1.165, 1.54) is 6.42 Å². The van der Waals surface area contributed by atoms with Crippen LogP contribution in [0.25, 0.3) is 0 Å². The first-order valence-electron chi connectivity index (χ1n) is 9.16. The summed E-state index contributed by atoms with van der Waals surface area (Å²) in [6.07, 6.45) is 3.58. The first kappa shape index (κ1) is 19.3. The number of hydrogen-bond donors (Lipinski definition) is 0. The number of aromatic nitrogens is 2. The van der Waals surface area contributed by atoms with Crippen LogP contribution in [0, 0.1) is 5.41 Å². The Kier molecular flexibility index (Phi) is 6.78. The zero-order valence-corrected chi connectivity index (χ0v) is 16.0. The van der Waals surface area contributed by atoms with E-state index in [-0.39, 0.29) is 11.5 Å². The standard InChI is InChI=1S/C18H33N3O3/c1-7-9-10-23-15-11-14(18(15,4)5)21(6)12-16-19-17(20-24-16)13(3)22-8-2/h13-15H,7-12H2,1-6H3/t13-,14+,15-/m1/s1. The van der Waals surface area contributed by atoms with Gasteiger partial charge in [0.25, 0.3) is 0 Å². The second-order valence-corrected chi connectivity index (χ2v) is 7.34. The molecule has 1 aliphatic carbocycles. The summed E-state index contributed by atoms with van der Waals surface area (Å²) in [5, 5.41) is 4.03. The van der Waals surface area contributed by atoms with Crippen molar-refractivity contribution >= 4 is 0 Å². The molecule has 3 atom stereocenters. The van der Waals surface area contributed by atoms with Crippen molar-refractivity contribution in [1.29, 1.82) is 0 Å². The molecule has 0 aromatic carbocycles. The lowest BCUT2D eigenvalue weighted by atomic mass is 9.64. The van der Waals surface area contributed by atoms with Gasteiger partial charge in [-0.25, -0.2) is 0 Å². The molecule has 1 saturated carbocycles. The third-order valence-corrected chi connectivity index (χ3v) is 5.12. The summed E-state index contributed by atoms with van der Waals surface area (Å²) in [7, 11) is 2.12. The van der Waals surface area contributed by atoms with Crippen molar-refractivity contribution in [3.63, 3.8) is 0 Å². The summed E-state index contributed by atoms with van der Waals surface area (Å²) >= 11 is 0. The molecule has 0 amide bonds. The summed E-state index contributed by atoms with van der Waals surface area (Å²) in [4.78, 5) is 6.76. The summed E-state index contributed by atoms with van der Waals surface area (Å²) in [5.41, 5.74) is 0.143. The zero-order chi connectivity index (χ0) is 17.7. The number of hydrogen-bond acceptors (Lipinski definition) is 6. The molecule has 1 aliphatic rings. The van der Waals surface area contributed by atoms with Crippen molar-refractivity contribution in [2.45, 2.75) is 78.7 Å². The van der Waals surface area contributed by atoms with Crippen LogP contribution in [0.5, 0.6) is 0 Å². The van der Waals surface area contributed by atoms with E-state index in [0.717, 1.165) is 19.4 Å². The Labute approximate surface area is 145 Å². The molecule has 6 nitrogen and oxygen atoms in total. The second-order valence-electron chi connectivity index (χ2n) is 7.34. The third kappa shape index (κ3) is 4.35. The Hall–Kier alpha value is -0.980. The molecular weight excluding hydrogens is 306 g/mol. The molecule has 1 fully saturated rings. The highest BCUT2D eigenvalue weighted by atomic mass is 16.5. The molecule has 2 rings (SSSR count). The van der Waals surface area contributed by atoms with Crippen molar-refractivity contribution in [2.75, 3.05) is 20.3 Å². The van der Waals surface area contributed by atoms with E-state index in [0.29, 0.717) is 37.0 Å². The van der Waals surface area contributed by atoms with Gasteiger partial charge >= 0.3 is 0 Å². The fraction of sp³-hybridized carbons (Fsp3) is 0.889. The van der Waals surface area contributed by atoms with Crippen molar-refractivity contribution in [2.24, 2.45) is 5.41 Å². The van der Waals surface area contributed by atoms with Crippen LogP contribution < -0.4 is 0 Å². The molecule has 138 valence electrons. The van der Waals surface area contributed by atoms with Gasteiger partial charge in [0.1, 0.15) is 6.10 Å². The van der Waals surface area contributed by atoms with Gasteiger partial charge in [0.2, 0.25) is 5.89 Å². The van der Waals surface area contributed by atoms with Gasteiger partial charge in [0, 0.05) is 24.7 Å². The van der Waals surface area contributed by atoms with E-state index in [4.69, 9.17) is 14.0 Å². The average Bonchev–Trinajstić information content (AvgIpc) is 2.98. The Balaban J connectivity index is 1.86. The monoisotopic (exact) mass is 339 g/mol. The van der Waals surface area contributed by atoms with Crippen LogP contribution in [-0.2, 0) is 16.0 Å². The van der Waals surface area contributed by atoms with E-state index >= 15 is 0 Å². The third-order valence-electron chi connectivity index (χ3n) is 5.12. The number of rotatable bonds is 10. The fourth-order valence-corrected chi connectivity index (χ4v) is 3.41. The largest absolute Gasteiger partial charge is 0.378 e. The van der Waals surface area contributed by atoms with Crippen LogP contribution in [0.4, 0.5) is 0 Å². The van der Waals surface area contributed by atoms with Crippen LogP contribution in [0.1, 0.15) is 71.7 Å². The van der Waals surface area contributed by atoms with Crippen molar-refractivity contribution in [3.8, 4) is 0 Å². The predicted molar refractivity (Wildman–Crippen MR) is 92.6 cm³/mol. The maximum atomic E-state index is 6.03. The normalized spacial score (nSPS) is 24.1. The van der Waals surface area contributed by atoms with E-state index < -0.39 is 0 Å². The molecule has 1 aromatic heterocycles. The maximum Gasteiger partial charge on any atom is 0.240 e. The van der Waals surface area contributed by atoms with E-state index in [1.54, 1.807) is 0 Å². The Bertz CT molecular complexity index is 503. The van der Waals surface area contributed by atoms with Gasteiger partial charge in [0.15, 0.2) is 5.82 Å².